The molecule has 0 radical (unpaired) electrons. The molecule has 0 spiro atoms. The van der Waals surface area contributed by atoms with Crippen molar-refractivity contribution in [1.29, 1.82) is 0 Å². The predicted molar refractivity (Wildman–Crippen MR) is 137 cm³/mol. The van der Waals surface area contributed by atoms with Crippen molar-refractivity contribution in [1.82, 2.24) is 9.97 Å². The highest BCUT2D eigenvalue weighted by molar-refractivity contribution is 7.18. The SMILES string of the molecule is Cc1cnc(-c2cccc3c2oc2c3ccc3sc(C(C)(C)C)nc32)cc1CC(C)(C)C. The van der Waals surface area contributed by atoms with E-state index in [0.717, 1.165) is 50.1 Å². The van der Waals surface area contributed by atoms with Crippen molar-refractivity contribution >= 4 is 43.5 Å². The van der Waals surface area contributed by atoms with Crippen molar-refractivity contribution in [3.63, 3.8) is 0 Å². The van der Waals surface area contributed by atoms with Crippen LogP contribution < -0.4 is 0 Å². The zero-order chi connectivity index (χ0) is 22.8. The Hall–Kier alpha value is -2.72. The fourth-order valence-electron chi connectivity index (χ4n) is 4.24. The van der Waals surface area contributed by atoms with E-state index in [-0.39, 0.29) is 10.8 Å². The van der Waals surface area contributed by atoms with E-state index in [2.05, 4.69) is 84.9 Å². The van der Waals surface area contributed by atoms with Gasteiger partial charge in [0.2, 0.25) is 0 Å². The number of fused-ring (bicyclic) bond motifs is 5. The highest BCUT2D eigenvalue weighted by atomic mass is 32.1. The molecule has 0 aliphatic heterocycles. The molecule has 0 aliphatic rings. The number of benzene rings is 2. The highest BCUT2D eigenvalue weighted by Crippen LogP contribution is 2.41. The van der Waals surface area contributed by atoms with Gasteiger partial charge < -0.3 is 4.42 Å². The van der Waals surface area contributed by atoms with Gasteiger partial charge in [-0.2, -0.15) is 0 Å². The number of rotatable bonds is 2. The molecule has 0 saturated carbocycles. The Morgan fingerprint density at radius 1 is 0.938 bits per heavy atom. The second-order valence-corrected chi connectivity index (χ2v) is 12.1. The summed E-state index contributed by atoms with van der Waals surface area (Å²) >= 11 is 1.75. The summed E-state index contributed by atoms with van der Waals surface area (Å²) in [5.41, 5.74) is 7.53. The Kier molecular flexibility index (Phi) is 4.72. The lowest BCUT2D eigenvalue weighted by atomic mass is 9.86. The molecule has 0 aliphatic carbocycles. The van der Waals surface area contributed by atoms with E-state index in [0.29, 0.717) is 0 Å². The number of para-hydroxylation sites is 1. The Morgan fingerprint density at radius 3 is 2.41 bits per heavy atom. The summed E-state index contributed by atoms with van der Waals surface area (Å²) in [5, 5.41) is 3.36. The van der Waals surface area contributed by atoms with E-state index >= 15 is 0 Å². The average Bonchev–Trinajstić information content (AvgIpc) is 3.29. The molecule has 0 fully saturated rings. The standard InChI is InChI=1S/C28H30N2OS/c1-16-15-29-21(13-17(16)14-27(2,3)4)20-10-8-9-18-19-11-12-22-23(25(19)31-24(18)20)30-26(32-22)28(5,6)7/h8-13,15H,14H2,1-7H3. The molecule has 5 aromatic rings. The molecule has 4 heteroatoms. The van der Waals surface area contributed by atoms with Crippen LogP contribution in [0.1, 0.15) is 57.7 Å². The zero-order valence-corrected chi connectivity index (χ0v) is 20.8. The average molecular weight is 443 g/mol. The summed E-state index contributed by atoms with van der Waals surface area (Å²) in [6, 6.07) is 12.9. The highest BCUT2D eigenvalue weighted by Gasteiger charge is 2.22. The quantitative estimate of drug-likeness (QED) is 0.275. The van der Waals surface area contributed by atoms with Crippen LogP contribution in [0.3, 0.4) is 0 Å². The lowest BCUT2D eigenvalue weighted by Crippen LogP contribution is -2.10. The minimum absolute atomic E-state index is 0.0163. The predicted octanol–water partition coefficient (Wildman–Crippen LogP) is 8.45. The van der Waals surface area contributed by atoms with Crippen LogP contribution in [0, 0.1) is 12.3 Å². The first kappa shape index (κ1) is 21.1. The smallest absolute Gasteiger partial charge is 0.162 e. The van der Waals surface area contributed by atoms with Gasteiger partial charge in [0.05, 0.1) is 15.4 Å². The molecule has 3 nitrogen and oxygen atoms in total. The van der Waals surface area contributed by atoms with Gasteiger partial charge in [-0.15, -0.1) is 11.3 Å². The second-order valence-electron chi connectivity index (χ2n) is 11.1. The molecular weight excluding hydrogens is 412 g/mol. The number of nitrogens with zero attached hydrogens (tertiary/aromatic N) is 2. The summed E-state index contributed by atoms with van der Waals surface area (Å²) in [5.74, 6) is 0. The third-order valence-electron chi connectivity index (χ3n) is 5.88. The van der Waals surface area contributed by atoms with E-state index in [1.165, 1.54) is 15.8 Å². The summed E-state index contributed by atoms with van der Waals surface area (Å²) < 4.78 is 7.72. The largest absolute Gasteiger partial charge is 0.453 e. The fourth-order valence-corrected chi connectivity index (χ4v) is 5.27. The summed E-state index contributed by atoms with van der Waals surface area (Å²) in [7, 11) is 0. The normalized spacial score (nSPS) is 13.0. The van der Waals surface area contributed by atoms with Crippen LogP contribution >= 0.6 is 11.3 Å². The molecule has 32 heavy (non-hydrogen) atoms. The van der Waals surface area contributed by atoms with Gasteiger partial charge in [0.15, 0.2) is 5.58 Å². The van der Waals surface area contributed by atoms with Crippen LogP contribution in [-0.2, 0) is 11.8 Å². The third-order valence-corrected chi connectivity index (χ3v) is 7.32. The fraction of sp³-hybridized carbons (Fsp3) is 0.357. The van der Waals surface area contributed by atoms with Crippen molar-refractivity contribution in [2.45, 2.75) is 60.3 Å². The first-order chi connectivity index (χ1) is 15.0. The van der Waals surface area contributed by atoms with Crippen LogP contribution in [-0.4, -0.2) is 9.97 Å². The van der Waals surface area contributed by atoms with E-state index < -0.39 is 0 Å². The minimum Gasteiger partial charge on any atom is -0.453 e. The molecule has 3 heterocycles. The molecule has 2 aromatic carbocycles. The third kappa shape index (κ3) is 3.61. The monoisotopic (exact) mass is 442 g/mol. The van der Waals surface area contributed by atoms with Crippen LogP contribution in [0.15, 0.2) is 47.0 Å². The second kappa shape index (κ2) is 7.14. The summed E-state index contributed by atoms with van der Waals surface area (Å²) in [6.07, 6.45) is 3.01. The molecular formula is C28H30N2OS. The maximum absolute atomic E-state index is 6.55. The number of aromatic nitrogens is 2. The van der Waals surface area contributed by atoms with E-state index in [1.807, 2.05) is 6.20 Å². The molecule has 0 amide bonds. The van der Waals surface area contributed by atoms with Crippen molar-refractivity contribution in [2.24, 2.45) is 5.41 Å². The van der Waals surface area contributed by atoms with E-state index in [9.17, 15) is 0 Å². The number of aryl methyl sites for hydroxylation is 1. The first-order valence-corrected chi connectivity index (χ1v) is 12.0. The number of hydrogen-bond donors (Lipinski definition) is 0. The summed E-state index contributed by atoms with van der Waals surface area (Å²) in [4.78, 5) is 9.77. The molecule has 5 rings (SSSR count). The first-order valence-electron chi connectivity index (χ1n) is 11.2. The van der Waals surface area contributed by atoms with Gasteiger partial charge >= 0.3 is 0 Å². The molecule has 0 unspecified atom stereocenters. The van der Waals surface area contributed by atoms with E-state index in [4.69, 9.17) is 14.4 Å². The Labute approximate surface area is 193 Å². The van der Waals surface area contributed by atoms with Gasteiger partial charge in [-0.25, -0.2) is 4.98 Å². The maximum Gasteiger partial charge on any atom is 0.162 e. The maximum atomic E-state index is 6.55. The van der Waals surface area contributed by atoms with E-state index in [1.54, 1.807) is 11.3 Å². The van der Waals surface area contributed by atoms with Crippen LogP contribution in [0.25, 0.3) is 43.4 Å². The molecule has 164 valence electrons. The van der Waals surface area contributed by atoms with Crippen LogP contribution in [0.5, 0.6) is 0 Å². The lowest BCUT2D eigenvalue weighted by molar-refractivity contribution is 0.410. The van der Waals surface area contributed by atoms with Crippen molar-refractivity contribution in [3.05, 3.63) is 58.7 Å². The van der Waals surface area contributed by atoms with Crippen molar-refractivity contribution in [3.8, 4) is 11.3 Å². The van der Waals surface area contributed by atoms with Gasteiger partial charge in [0.25, 0.3) is 0 Å². The van der Waals surface area contributed by atoms with Crippen molar-refractivity contribution in [2.75, 3.05) is 0 Å². The molecule has 3 aromatic heterocycles. The van der Waals surface area contributed by atoms with Crippen molar-refractivity contribution < 1.29 is 4.42 Å². The van der Waals surface area contributed by atoms with Gasteiger partial charge in [0.1, 0.15) is 11.1 Å². The number of hydrogen-bond acceptors (Lipinski definition) is 4. The number of pyridine rings is 1. The van der Waals surface area contributed by atoms with Gasteiger partial charge in [0, 0.05) is 27.9 Å². The lowest BCUT2D eigenvalue weighted by Gasteiger charge is -2.20. The van der Waals surface area contributed by atoms with Gasteiger partial charge in [-0.1, -0.05) is 53.7 Å². The van der Waals surface area contributed by atoms with Crippen LogP contribution in [0.4, 0.5) is 0 Å². The van der Waals surface area contributed by atoms with Gasteiger partial charge in [-0.3, -0.25) is 4.98 Å². The Morgan fingerprint density at radius 2 is 1.69 bits per heavy atom. The number of thiazole rings is 1. The molecule has 0 N–H and O–H groups in total. The molecule has 0 atom stereocenters. The zero-order valence-electron chi connectivity index (χ0n) is 20.0. The Balaban J connectivity index is 1.73. The summed E-state index contributed by atoms with van der Waals surface area (Å²) in [6.45, 7) is 15.6. The number of furan rings is 1. The molecule has 0 bridgehead atoms. The Bertz CT molecular complexity index is 1480. The minimum atomic E-state index is 0.0163. The van der Waals surface area contributed by atoms with Crippen LogP contribution in [0.2, 0.25) is 0 Å². The molecule has 0 saturated heterocycles. The topological polar surface area (TPSA) is 38.9 Å². The van der Waals surface area contributed by atoms with Gasteiger partial charge in [-0.05, 0) is 54.2 Å².